The molecule has 1 aliphatic heterocycles. The van der Waals surface area contributed by atoms with Gasteiger partial charge in [-0.3, -0.25) is 9.59 Å². The SMILES string of the molecule is NC(=O)c1ccc(N2CCCC2)c(NC(=O)c2ccc(OC(F)F)cc2)c1. The molecule has 1 aliphatic rings. The number of nitrogens with one attached hydrogen (secondary N) is 1. The highest BCUT2D eigenvalue weighted by Gasteiger charge is 2.19. The third-order valence-electron chi connectivity index (χ3n) is 4.32. The van der Waals surface area contributed by atoms with Crippen molar-refractivity contribution < 1.29 is 23.1 Å². The molecule has 27 heavy (non-hydrogen) atoms. The number of rotatable bonds is 6. The Kier molecular flexibility index (Phi) is 5.54. The fourth-order valence-corrected chi connectivity index (χ4v) is 3.01. The number of anilines is 2. The van der Waals surface area contributed by atoms with Crippen LogP contribution in [0.5, 0.6) is 5.75 Å². The molecule has 2 amide bonds. The fourth-order valence-electron chi connectivity index (χ4n) is 3.01. The number of benzene rings is 2. The molecular formula is C19H19F2N3O3. The van der Waals surface area contributed by atoms with Crippen molar-refractivity contribution >= 4 is 23.2 Å². The Morgan fingerprint density at radius 3 is 2.26 bits per heavy atom. The van der Waals surface area contributed by atoms with E-state index in [1.807, 2.05) is 0 Å². The summed E-state index contributed by atoms with van der Waals surface area (Å²) >= 11 is 0. The summed E-state index contributed by atoms with van der Waals surface area (Å²) in [5, 5.41) is 2.78. The smallest absolute Gasteiger partial charge is 0.387 e. The summed E-state index contributed by atoms with van der Waals surface area (Å²) in [7, 11) is 0. The minimum Gasteiger partial charge on any atom is -0.435 e. The first-order valence-electron chi connectivity index (χ1n) is 8.49. The molecule has 0 radical (unpaired) electrons. The molecule has 3 rings (SSSR count). The predicted octanol–water partition coefficient (Wildman–Crippen LogP) is 3.24. The van der Waals surface area contributed by atoms with Gasteiger partial charge in [-0.25, -0.2) is 0 Å². The number of carbonyl (C=O) groups excluding carboxylic acids is 2. The topological polar surface area (TPSA) is 84.7 Å². The summed E-state index contributed by atoms with van der Waals surface area (Å²) in [6.07, 6.45) is 2.10. The van der Waals surface area contributed by atoms with Gasteiger partial charge in [-0.2, -0.15) is 8.78 Å². The first-order chi connectivity index (χ1) is 12.9. The predicted molar refractivity (Wildman–Crippen MR) is 97.4 cm³/mol. The highest BCUT2D eigenvalue weighted by atomic mass is 19.3. The van der Waals surface area contributed by atoms with Crippen LogP contribution in [0.15, 0.2) is 42.5 Å². The van der Waals surface area contributed by atoms with Crippen molar-refractivity contribution in [2.75, 3.05) is 23.3 Å². The first-order valence-corrected chi connectivity index (χ1v) is 8.49. The van der Waals surface area contributed by atoms with Crippen LogP contribution >= 0.6 is 0 Å². The maximum atomic E-state index is 12.6. The minimum atomic E-state index is -2.93. The van der Waals surface area contributed by atoms with Gasteiger partial charge in [0.2, 0.25) is 5.91 Å². The van der Waals surface area contributed by atoms with Crippen molar-refractivity contribution in [3.05, 3.63) is 53.6 Å². The quantitative estimate of drug-likeness (QED) is 0.812. The van der Waals surface area contributed by atoms with Crippen LogP contribution in [0, 0.1) is 0 Å². The van der Waals surface area contributed by atoms with Crippen LogP contribution in [0.1, 0.15) is 33.6 Å². The number of hydrogen-bond donors (Lipinski definition) is 2. The third kappa shape index (κ3) is 4.52. The molecule has 0 unspecified atom stereocenters. The van der Waals surface area contributed by atoms with Crippen molar-refractivity contribution in [2.24, 2.45) is 5.73 Å². The summed E-state index contributed by atoms with van der Waals surface area (Å²) in [4.78, 5) is 26.2. The standard InChI is InChI=1S/C19H19F2N3O3/c20-19(21)27-14-6-3-12(4-7-14)18(26)23-15-11-13(17(22)25)5-8-16(15)24-9-1-2-10-24/h3-8,11,19H,1-2,9-10H2,(H2,22,25)(H,23,26). The van der Waals surface area contributed by atoms with Crippen LogP contribution in [-0.2, 0) is 0 Å². The number of carbonyl (C=O) groups is 2. The summed E-state index contributed by atoms with van der Waals surface area (Å²) < 4.78 is 28.7. The van der Waals surface area contributed by atoms with E-state index in [-0.39, 0.29) is 16.9 Å². The zero-order valence-electron chi connectivity index (χ0n) is 14.5. The maximum Gasteiger partial charge on any atom is 0.387 e. The molecule has 0 saturated carbocycles. The molecule has 1 heterocycles. The second-order valence-corrected chi connectivity index (χ2v) is 6.15. The molecule has 8 heteroatoms. The molecule has 0 aromatic heterocycles. The van der Waals surface area contributed by atoms with E-state index in [9.17, 15) is 18.4 Å². The molecule has 2 aromatic carbocycles. The van der Waals surface area contributed by atoms with E-state index < -0.39 is 18.4 Å². The van der Waals surface area contributed by atoms with Gasteiger partial charge in [-0.1, -0.05) is 0 Å². The Labute approximate surface area is 154 Å². The molecule has 3 N–H and O–H groups in total. The number of primary amides is 1. The van der Waals surface area contributed by atoms with E-state index >= 15 is 0 Å². The average Bonchev–Trinajstić information content (AvgIpc) is 3.16. The number of nitrogens with two attached hydrogens (primary N) is 1. The van der Waals surface area contributed by atoms with Gasteiger partial charge >= 0.3 is 6.61 Å². The van der Waals surface area contributed by atoms with Crippen molar-refractivity contribution in [3.63, 3.8) is 0 Å². The lowest BCUT2D eigenvalue weighted by molar-refractivity contribution is -0.0498. The first kappa shape index (κ1) is 18.6. The van der Waals surface area contributed by atoms with E-state index in [1.165, 1.54) is 24.3 Å². The van der Waals surface area contributed by atoms with E-state index in [0.717, 1.165) is 31.6 Å². The van der Waals surface area contributed by atoms with Gasteiger partial charge < -0.3 is 20.7 Å². The lowest BCUT2D eigenvalue weighted by atomic mass is 10.1. The van der Waals surface area contributed by atoms with Crippen molar-refractivity contribution in [2.45, 2.75) is 19.5 Å². The highest BCUT2D eigenvalue weighted by molar-refractivity contribution is 6.07. The molecule has 0 bridgehead atoms. The van der Waals surface area contributed by atoms with E-state index in [1.54, 1.807) is 18.2 Å². The summed E-state index contributed by atoms with van der Waals surface area (Å²) in [6, 6.07) is 10.3. The van der Waals surface area contributed by atoms with Gasteiger partial charge in [0.1, 0.15) is 5.75 Å². The van der Waals surface area contributed by atoms with Crippen molar-refractivity contribution in [1.82, 2.24) is 0 Å². The van der Waals surface area contributed by atoms with Gasteiger partial charge in [-0.15, -0.1) is 0 Å². The van der Waals surface area contributed by atoms with Gasteiger partial charge in [0.15, 0.2) is 0 Å². The molecule has 0 atom stereocenters. The number of alkyl halides is 2. The minimum absolute atomic E-state index is 0.0324. The fraction of sp³-hybridized carbons (Fsp3) is 0.263. The molecule has 1 saturated heterocycles. The molecular weight excluding hydrogens is 356 g/mol. The summed E-state index contributed by atoms with van der Waals surface area (Å²) in [5.41, 5.74) is 7.19. The van der Waals surface area contributed by atoms with Gasteiger partial charge in [0.05, 0.1) is 11.4 Å². The van der Waals surface area contributed by atoms with Crippen LogP contribution in [-0.4, -0.2) is 31.5 Å². The monoisotopic (exact) mass is 375 g/mol. The number of amides is 2. The Hall–Kier alpha value is -3.16. The lowest BCUT2D eigenvalue weighted by Gasteiger charge is -2.22. The van der Waals surface area contributed by atoms with Gasteiger partial charge in [-0.05, 0) is 55.3 Å². The number of nitrogens with zero attached hydrogens (tertiary/aromatic N) is 1. The molecule has 6 nitrogen and oxygen atoms in total. The van der Waals surface area contributed by atoms with E-state index in [0.29, 0.717) is 5.69 Å². The van der Waals surface area contributed by atoms with Crippen LogP contribution in [0.4, 0.5) is 20.2 Å². The van der Waals surface area contributed by atoms with Crippen LogP contribution in [0.25, 0.3) is 0 Å². The third-order valence-corrected chi connectivity index (χ3v) is 4.32. The van der Waals surface area contributed by atoms with Crippen LogP contribution < -0.4 is 20.7 Å². The number of hydrogen-bond acceptors (Lipinski definition) is 4. The molecule has 0 aliphatic carbocycles. The molecule has 2 aromatic rings. The Bertz CT molecular complexity index is 835. The highest BCUT2D eigenvalue weighted by Crippen LogP contribution is 2.30. The summed E-state index contributed by atoms with van der Waals surface area (Å²) in [5.74, 6) is -1.05. The summed E-state index contributed by atoms with van der Waals surface area (Å²) in [6.45, 7) is -1.21. The van der Waals surface area contributed by atoms with Crippen LogP contribution in [0.2, 0.25) is 0 Å². The molecule has 1 fully saturated rings. The Morgan fingerprint density at radius 2 is 1.67 bits per heavy atom. The van der Waals surface area contributed by atoms with Gasteiger partial charge in [0, 0.05) is 24.2 Å². The Morgan fingerprint density at radius 1 is 1.04 bits per heavy atom. The zero-order valence-corrected chi connectivity index (χ0v) is 14.5. The van der Waals surface area contributed by atoms with Gasteiger partial charge in [0.25, 0.3) is 5.91 Å². The molecule has 0 spiro atoms. The largest absolute Gasteiger partial charge is 0.435 e. The maximum absolute atomic E-state index is 12.6. The second kappa shape index (κ2) is 8.03. The number of halogens is 2. The lowest BCUT2D eigenvalue weighted by Crippen LogP contribution is -2.22. The zero-order chi connectivity index (χ0) is 19.4. The van der Waals surface area contributed by atoms with E-state index in [4.69, 9.17) is 5.73 Å². The van der Waals surface area contributed by atoms with E-state index in [2.05, 4.69) is 15.0 Å². The normalized spacial score (nSPS) is 13.7. The van der Waals surface area contributed by atoms with Crippen molar-refractivity contribution in [1.29, 1.82) is 0 Å². The molecule has 142 valence electrons. The number of ether oxygens (including phenoxy) is 1. The average molecular weight is 375 g/mol. The second-order valence-electron chi connectivity index (χ2n) is 6.15. The van der Waals surface area contributed by atoms with Crippen LogP contribution in [0.3, 0.4) is 0 Å². The van der Waals surface area contributed by atoms with Crippen molar-refractivity contribution in [3.8, 4) is 5.75 Å². The Balaban J connectivity index is 1.83.